The van der Waals surface area contributed by atoms with Crippen LogP contribution in [0, 0.1) is 0 Å². The molecule has 0 spiro atoms. The van der Waals surface area contributed by atoms with Gasteiger partial charge < -0.3 is 10.2 Å². The molecule has 1 unspecified atom stereocenters. The summed E-state index contributed by atoms with van der Waals surface area (Å²) in [5.41, 5.74) is 0. The Morgan fingerprint density at radius 2 is 1.28 bits per heavy atom. The number of rotatable bonds is 16. The highest BCUT2D eigenvalue weighted by atomic mass is 35.7. The first-order chi connectivity index (χ1) is 21.3. The molecule has 264 valence electrons. The first kappa shape index (κ1) is 46.8. The molecular formula is C26H42ClN3O10S6. The average molecular weight is 784 g/mol. The van der Waals surface area contributed by atoms with Crippen LogP contribution in [-0.2, 0) is 29.0 Å². The van der Waals surface area contributed by atoms with E-state index in [-0.39, 0.29) is 18.6 Å². The van der Waals surface area contributed by atoms with Crippen LogP contribution in [-0.4, -0.2) is 98.3 Å². The monoisotopic (exact) mass is 783 g/mol. The predicted octanol–water partition coefficient (Wildman–Crippen LogP) is 6.39. The zero-order valence-corrected chi connectivity index (χ0v) is 31.7. The molecule has 0 saturated heterocycles. The van der Waals surface area contributed by atoms with Crippen LogP contribution in [0.3, 0.4) is 0 Å². The highest BCUT2D eigenvalue weighted by molar-refractivity contribution is 8.77. The third-order valence-corrected chi connectivity index (χ3v) is 10.8. The molecule has 0 aliphatic heterocycles. The molecular weight excluding hydrogens is 742 g/mol. The van der Waals surface area contributed by atoms with Crippen LogP contribution >= 0.6 is 53.9 Å². The van der Waals surface area contributed by atoms with E-state index in [1.807, 2.05) is 24.3 Å². The summed E-state index contributed by atoms with van der Waals surface area (Å²) >= 11 is 0. The second-order valence-corrected chi connectivity index (χ2v) is 17.7. The van der Waals surface area contributed by atoms with Crippen molar-refractivity contribution < 1.29 is 45.7 Å². The summed E-state index contributed by atoms with van der Waals surface area (Å²) < 4.78 is 55.5. The minimum Gasteiger partial charge on any atom is -0.481 e. The van der Waals surface area contributed by atoms with E-state index in [9.17, 15) is 18.0 Å². The van der Waals surface area contributed by atoms with Gasteiger partial charge in [-0.15, -0.1) is 0 Å². The van der Waals surface area contributed by atoms with E-state index in [0.29, 0.717) is 18.5 Å². The van der Waals surface area contributed by atoms with Gasteiger partial charge in [0.05, 0.1) is 0 Å². The fraction of sp³-hybridized carbons (Fsp3) is 0.538. The van der Waals surface area contributed by atoms with Gasteiger partial charge in [-0.25, -0.2) is 9.97 Å². The van der Waals surface area contributed by atoms with Crippen LogP contribution in [0.25, 0.3) is 0 Å². The number of hydrogen-bond donors (Lipinski definition) is 4. The summed E-state index contributed by atoms with van der Waals surface area (Å²) in [4.78, 5) is 31.5. The number of halogens is 1. The summed E-state index contributed by atoms with van der Waals surface area (Å²) in [6, 6.07) is 12.5. The van der Waals surface area contributed by atoms with E-state index in [4.69, 9.17) is 27.7 Å². The van der Waals surface area contributed by atoms with Crippen molar-refractivity contribution in [3.05, 3.63) is 48.8 Å². The smallest absolute Gasteiger partial charge is 0.353 e. The zero-order chi connectivity index (χ0) is 35.8. The van der Waals surface area contributed by atoms with Crippen molar-refractivity contribution in [2.24, 2.45) is 0 Å². The highest BCUT2D eigenvalue weighted by Crippen LogP contribution is 2.30. The number of carboxylic acids is 2. The number of aliphatic carboxylic acids is 2. The first-order valence-corrected chi connectivity index (χ1v) is 21.9. The van der Waals surface area contributed by atoms with Gasteiger partial charge in [0.1, 0.15) is 10.1 Å². The van der Waals surface area contributed by atoms with Crippen molar-refractivity contribution in [1.29, 1.82) is 0 Å². The standard InChI is InChI=1S/C9H11NO5S3.C9H11NO2S2.C8H19N.ClHO3S/c11-9(12)7(18(13,14)15)4-6-16-17-8-3-1-2-5-10-8;11-9(12)5-3-7-13-14-8-4-1-2-6-10-8;1-6-9(7(2)3)8(4)5;1-5(2,3)4/h1-3,5,7H,4,6H2,(H,11,12)(H,13,14,15);1-2,4,6H,3,5,7H2,(H,11,12);7-8H,6H2,1-5H3;(H,2,3,4). The summed E-state index contributed by atoms with van der Waals surface area (Å²) in [5, 5.41) is 17.0. The maximum absolute atomic E-state index is 10.8. The lowest BCUT2D eigenvalue weighted by molar-refractivity contribution is -0.137. The van der Waals surface area contributed by atoms with Crippen LogP contribution in [0.15, 0.2) is 58.8 Å². The Morgan fingerprint density at radius 1 is 0.848 bits per heavy atom. The number of carboxylic acid groups (broad SMARTS) is 2. The summed E-state index contributed by atoms with van der Waals surface area (Å²) in [5.74, 6) is -1.15. The highest BCUT2D eigenvalue weighted by Gasteiger charge is 2.30. The molecule has 46 heavy (non-hydrogen) atoms. The molecule has 2 aromatic rings. The molecule has 4 N–H and O–H groups in total. The van der Waals surface area contributed by atoms with Gasteiger partial charge in [-0.2, -0.15) is 16.8 Å². The number of aromatic nitrogens is 2. The van der Waals surface area contributed by atoms with Crippen molar-refractivity contribution in [1.82, 2.24) is 14.9 Å². The minimum absolute atomic E-state index is 0.154. The molecule has 2 heterocycles. The largest absolute Gasteiger partial charge is 0.481 e. The Balaban J connectivity index is 0. The average Bonchev–Trinajstić information content (AvgIpc) is 2.92. The predicted molar refractivity (Wildman–Crippen MR) is 190 cm³/mol. The van der Waals surface area contributed by atoms with E-state index in [1.165, 1.54) is 21.6 Å². The van der Waals surface area contributed by atoms with Crippen molar-refractivity contribution in [2.75, 3.05) is 18.1 Å². The summed E-state index contributed by atoms with van der Waals surface area (Å²) in [7, 11) is 1.14. The van der Waals surface area contributed by atoms with Crippen molar-refractivity contribution in [2.45, 2.75) is 81.3 Å². The lowest BCUT2D eigenvalue weighted by Gasteiger charge is -2.28. The Hall–Kier alpha value is -1.29. The van der Waals surface area contributed by atoms with Crippen LogP contribution in [0.2, 0.25) is 0 Å². The minimum atomic E-state index is -4.55. The lowest BCUT2D eigenvalue weighted by Crippen LogP contribution is -2.36. The number of carbonyl (C=O) groups is 2. The maximum Gasteiger partial charge on any atom is 0.353 e. The van der Waals surface area contributed by atoms with Gasteiger partial charge in [-0.3, -0.25) is 23.6 Å². The molecule has 0 bridgehead atoms. The van der Waals surface area contributed by atoms with E-state index in [0.717, 1.165) is 22.3 Å². The normalized spacial score (nSPS) is 11.8. The molecule has 2 rings (SSSR count). The second kappa shape index (κ2) is 26.6. The second-order valence-electron chi connectivity index (χ2n) is 9.20. The molecule has 2 aromatic heterocycles. The van der Waals surface area contributed by atoms with Crippen LogP contribution in [0.1, 0.15) is 53.9 Å². The quantitative estimate of drug-likeness (QED) is 0.0628. The van der Waals surface area contributed by atoms with E-state index in [2.05, 4.69) is 60.2 Å². The van der Waals surface area contributed by atoms with E-state index in [1.54, 1.807) is 46.1 Å². The van der Waals surface area contributed by atoms with Gasteiger partial charge in [-0.05, 0) is 92.9 Å². The van der Waals surface area contributed by atoms with Gasteiger partial charge in [0.15, 0.2) is 5.25 Å². The third-order valence-electron chi connectivity index (χ3n) is 4.97. The van der Waals surface area contributed by atoms with Gasteiger partial charge in [0.2, 0.25) is 0 Å². The molecule has 0 aliphatic rings. The van der Waals surface area contributed by atoms with Crippen LogP contribution in [0.4, 0.5) is 0 Å². The summed E-state index contributed by atoms with van der Waals surface area (Å²) in [6.45, 7) is 12.3. The van der Waals surface area contributed by atoms with Crippen LogP contribution in [0.5, 0.6) is 0 Å². The fourth-order valence-corrected chi connectivity index (χ4v) is 7.92. The Kier molecular flexibility index (Phi) is 27.1. The summed E-state index contributed by atoms with van der Waals surface area (Å²) in [6.07, 6.45) is 4.18. The fourth-order valence-electron chi connectivity index (χ4n) is 3.16. The van der Waals surface area contributed by atoms with E-state index < -0.39 is 36.6 Å². The third kappa shape index (κ3) is 30.1. The Labute approximate surface area is 292 Å². The van der Waals surface area contributed by atoms with E-state index >= 15 is 0 Å². The SMILES string of the molecule is CCN(C(C)C)C(C)C.O=C(O)C(CCSSc1ccccn1)S(=O)(=O)O.O=C(O)CCCSSc1ccccn1.O=S(=O)(O)Cl. The molecule has 0 saturated carbocycles. The van der Waals surface area contributed by atoms with Crippen molar-refractivity contribution >= 4 is 85.2 Å². The van der Waals surface area contributed by atoms with Gasteiger partial charge in [0.25, 0.3) is 10.1 Å². The first-order valence-electron chi connectivity index (χ1n) is 13.5. The lowest BCUT2D eigenvalue weighted by atomic mass is 10.2. The van der Waals surface area contributed by atoms with Gasteiger partial charge >= 0.3 is 21.3 Å². The molecule has 0 aromatic carbocycles. The Bertz CT molecular complexity index is 1290. The van der Waals surface area contributed by atoms with Crippen LogP contribution < -0.4 is 0 Å². The molecule has 20 heteroatoms. The maximum atomic E-state index is 10.8. The molecule has 1 atom stereocenters. The molecule has 0 amide bonds. The molecule has 0 radical (unpaired) electrons. The van der Waals surface area contributed by atoms with Gasteiger partial charge in [0, 0.05) is 53.1 Å². The Morgan fingerprint density at radius 3 is 1.57 bits per heavy atom. The molecule has 0 fully saturated rings. The number of hydrogen-bond acceptors (Lipinski definition) is 13. The molecule has 0 aliphatic carbocycles. The number of pyridine rings is 2. The van der Waals surface area contributed by atoms with Crippen molar-refractivity contribution in [3.8, 4) is 0 Å². The zero-order valence-electron chi connectivity index (χ0n) is 26.0. The van der Waals surface area contributed by atoms with Crippen molar-refractivity contribution in [3.63, 3.8) is 0 Å². The molecule has 13 nitrogen and oxygen atoms in total. The van der Waals surface area contributed by atoms with Gasteiger partial charge in [-0.1, -0.05) is 40.6 Å². The topological polar surface area (TPSA) is 212 Å². The number of nitrogens with zero attached hydrogens (tertiary/aromatic N) is 3.